The van der Waals surface area contributed by atoms with Crippen molar-refractivity contribution >= 4 is 45.8 Å². The van der Waals surface area contributed by atoms with Crippen molar-refractivity contribution in [2.75, 3.05) is 10.2 Å². The van der Waals surface area contributed by atoms with Crippen LogP contribution in [0.2, 0.25) is 5.02 Å². The van der Waals surface area contributed by atoms with E-state index in [2.05, 4.69) is 25.3 Å². The predicted molar refractivity (Wildman–Crippen MR) is 116 cm³/mol. The van der Waals surface area contributed by atoms with Crippen LogP contribution in [0.25, 0.3) is 11.2 Å². The molecule has 2 aromatic carbocycles. The second kappa shape index (κ2) is 7.38. The van der Waals surface area contributed by atoms with Crippen LogP contribution in [0.5, 0.6) is 0 Å². The van der Waals surface area contributed by atoms with Crippen LogP contribution in [-0.2, 0) is 6.54 Å². The van der Waals surface area contributed by atoms with E-state index in [-0.39, 0.29) is 11.9 Å². The Morgan fingerprint density at radius 1 is 1.17 bits per heavy atom. The van der Waals surface area contributed by atoms with Crippen molar-refractivity contribution in [3.8, 4) is 0 Å². The van der Waals surface area contributed by atoms with Crippen molar-refractivity contribution < 1.29 is 4.39 Å². The standard InChI is InChI=1S/C21H17ClFN7/c1-12(28-20-18-19(25-10-24-18)26-11-27-20)21-29-17-6-5-15(23)7-13(17)9-30(21)16-4-2-3-14(22)8-16/h2-8,10-12H,9H2,1H3,(H2,24,25,26,27,28). The monoisotopic (exact) mass is 421 g/mol. The Balaban J connectivity index is 1.56. The molecule has 1 unspecified atom stereocenters. The van der Waals surface area contributed by atoms with Crippen LogP contribution in [-0.4, -0.2) is 31.8 Å². The van der Waals surface area contributed by atoms with Crippen LogP contribution < -0.4 is 10.2 Å². The number of halogens is 2. The molecule has 0 saturated heterocycles. The Morgan fingerprint density at radius 2 is 2.07 bits per heavy atom. The number of H-pyrrole nitrogens is 1. The fourth-order valence-corrected chi connectivity index (χ4v) is 3.75. The number of aromatic amines is 1. The Hall–Kier alpha value is -3.52. The molecule has 0 fully saturated rings. The molecule has 30 heavy (non-hydrogen) atoms. The highest BCUT2D eigenvalue weighted by Gasteiger charge is 2.26. The van der Waals surface area contributed by atoms with E-state index in [0.717, 1.165) is 28.3 Å². The fourth-order valence-electron chi connectivity index (χ4n) is 3.57. The van der Waals surface area contributed by atoms with Gasteiger partial charge in [-0.2, -0.15) is 0 Å². The fraction of sp³-hybridized carbons (Fsp3) is 0.143. The molecule has 0 amide bonds. The summed E-state index contributed by atoms with van der Waals surface area (Å²) in [7, 11) is 0. The number of amidine groups is 1. The third-order valence-electron chi connectivity index (χ3n) is 4.96. The van der Waals surface area contributed by atoms with Gasteiger partial charge in [-0.05, 0) is 43.3 Å². The molecule has 2 aromatic heterocycles. The third-order valence-corrected chi connectivity index (χ3v) is 5.20. The summed E-state index contributed by atoms with van der Waals surface area (Å²) in [5.41, 5.74) is 3.73. The molecule has 1 aliphatic heterocycles. The SMILES string of the molecule is CC(Nc1ncnc2nc[nH]c12)C1=Nc2ccc(F)cc2CN1c1cccc(Cl)c1. The van der Waals surface area contributed by atoms with Crippen LogP contribution >= 0.6 is 11.6 Å². The third kappa shape index (κ3) is 3.35. The normalized spacial score (nSPS) is 14.4. The van der Waals surface area contributed by atoms with Crippen molar-refractivity contribution in [2.45, 2.75) is 19.5 Å². The summed E-state index contributed by atoms with van der Waals surface area (Å²) in [4.78, 5) is 22.6. The summed E-state index contributed by atoms with van der Waals surface area (Å²) in [6.45, 7) is 2.47. The average molecular weight is 422 g/mol. The number of nitrogens with one attached hydrogen (secondary N) is 2. The van der Waals surface area contributed by atoms with E-state index in [1.54, 1.807) is 12.4 Å². The first-order chi connectivity index (χ1) is 14.6. The number of benzene rings is 2. The molecule has 0 spiro atoms. The lowest BCUT2D eigenvalue weighted by atomic mass is 10.1. The van der Waals surface area contributed by atoms with Gasteiger partial charge in [-0.25, -0.2) is 24.3 Å². The molecular weight excluding hydrogens is 405 g/mol. The van der Waals surface area contributed by atoms with Gasteiger partial charge in [-0.3, -0.25) is 0 Å². The predicted octanol–water partition coefficient (Wildman–Crippen LogP) is 4.70. The zero-order valence-electron chi connectivity index (χ0n) is 16.0. The zero-order chi connectivity index (χ0) is 20.7. The number of nitrogens with zero attached hydrogens (tertiary/aromatic N) is 5. The van der Waals surface area contributed by atoms with Gasteiger partial charge in [0.15, 0.2) is 11.5 Å². The second-order valence-electron chi connectivity index (χ2n) is 7.00. The number of aromatic nitrogens is 4. The van der Waals surface area contributed by atoms with E-state index in [9.17, 15) is 4.39 Å². The van der Waals surface area contributed by atoms with Crippen LogP contribution in [0.3, 0.4) is 0 Å². The van der Waals surface area contributed by atoms with Gasteiger partial charge >= 0.3 is 0 Å². The number of rotatable bonds is 4. The van der Waals surface area contributed by atoms with E-state index >= 15 is 0 Å². The molecule has 0 saturated carbocycles. The van der Waals surface area contributed by atoms with Crippen molar-refractivity contribution in [1.82, 2.24) is 19.9 Å². The van der Waals surface area contributed by atoms with Gasteiger partial charge in [0.05, 0.1) is 24.6 Å². The molecule has 150 valence electrons. The molecule has 9 heteroatoms. The summed E-state index contributed by atoms with van der Waals surface area (Å²) in [5, 5.41) is 4.01. The minimum Gasteiger partial charge on any atom is -0.358 e. The molecule has 0 radical (unpaired) electrons. The second-order valence-corrected chi connectivity index (χ2v) is 7.43. The maximum atomic E-state index is 13.8. The van der Waals surface area contributed by atoms with Gasteiger partial charge in [0, 0.05) is 16.3 Å². The number of aliphatic imine (C=N–C) groups is 1. The summed E-state index contributed by atoms with van der Waals surface area (Å²) >= 11 is 6.23. The highest BCUT2D eigenvalue weighted by molar-refractivity contribution is 6.31. The summed E-state index contributed by atoms with van der Waals surface area (Å²) in [6, 6.07) is 11.9. The molecule has 2 N–H and O–H groups in total. The quantitative estimate of drug-likeness (QED) is 0.499. The van der Waals surface area contributed by atoms with Crippen LogP contribution in [0, 0.1) is 5.82 Å². The van der Waals surface area contributed by atoms with E-state index in [4.69, 9.17) is 16.6 Å². The average Bonchev–Trinajstić information content (AvgIpc) is 3.22. The van der Waals surface area contributed by atoms with Crippen LogP contribution in [0.15, 0.2) is 60.1 Å². The number of hydrogen-bond donors (Lipinski definition) is 2. The van der Waals surface area contributed by atoms with Gasteiger partial charge in [0.2, 0.25) is 0 Å². The molecule has 0 bridgehead atoms. The maximum Gasteiger partial charge on any atom is 0.182 e. The molecule has 0 aliphatic carbocycles. The lowest BCUT2D eigenvalue weighted by Crippen LogP contribution is -2.43. The van der Waals surface area contributed by atoms with Gasteiger partial charge in [0.25, 0.3) is 0 Å². The first-order valence-electron chi connectivity index (χ1n) is 9.39. The first kappa shape index (κ1) is 18.5. The minimum absolute atomic E-state index is 0.219. The molecule has 5 rings (SSSR count). The molecule has 4 aromatic rings. The van der Waals surface area contributed by atoms with Crippen molar-refractivity contribution in [3.63, 3.8) is 0 Å². The number of fused-ring (bicyclic) bond motifs is 2. The van der Waals surface area contributed by atoms with Gasteiger partial charge < -0.3 is 15.2 Å². The highest BCUT2D eigenvalue weighted by atomic mass is 35.5. The maximum absolute atomic E-state index is 13.8. The van der Waals surface area contributed by atoms with Crippen molar-refractivity contribution in [1.29, 1.82) is 0 Å². The Bertz CT molecular complexity index is 1270. The van der Waals surface area contributed by atoms with E-state index in [1.807, 2.05) is 36.1 Å². The lowest BCUT2D eigenvalue weighted by molar-refractivity contribution is 0.625. The van der Waals surface area contributed by atoms with Gasteiger partial charge in [-0.1, -0.05) is 17.7 Å². The van der Waals surface area contributed by atoms with Crippen molar-refractivity contribution in [3.05, 3.63) is 71.5 Å². The summed E-state index contributed by atoms with van der Waals surface area (Å²) in [5.74, 6) is 1.11. The Kier molecular flexibility index (Phi) is 4.55. The molecule has 7 nitrogen and oxygen atoms in total. The van der Waals surface area contributed by atoms with E-state index in [1.165, 1.54) is 18.5 Å². The van der Waals surface area contributed by atoms with Crippen molar-refractivity contribution in [2.24, 2.45) is 4.99 Å². The minimum atomic E-state index is -0.285. The van der Waals surface area contributed by atoms with Crippen LogP contribution in [0.4, 0.5) is 21.6 Å². The van der Waals surface area contributed by atoms with E-state index < -0.39 is 0 Å². The van der Waals surface area contributed by atoms with Gasteiger partial charge in [0.1, 0.15) is 23.5 Å². The Labute approximate surface area is 176 Å². The number of hydrogen-bond acceptors (Lipinski definition) is 6. The van der Waals surface area contributed by atoms with Crippen LogP contribution in [0.1, 0.15) is 12.5 Å². The smallest absolute Gasteiger partial charge is 0.182 e. The molecule has 3 heterocycles. The molecular formula is C21H17ClFN7. The topological polar surface area (TPSA) is 82.1 Å². The Morgan fingerprint density at radius 3 is 2.93 bits per heavy atom. The van der Waals surface area contributed by atoms with E-state index in [0.29, 0.717) is 23.0 Å². The first-order valence-corrected chi connectivity index (χ1v) is 9.77. The number of imidazole rings is 1. The molecule has 1 aliphatic rings. The lowest BCUT2D eigenvalue weighted by Gasteiger charge is -2.34. The number of anilines is 2. The summed E-state index contributed by atoms with van der Waals surface area (Å²) in [6.07, 6.45) is 3.05. The zero-order valence-corrected chi connectivity index (χ0v) is 16.7. The van der Waals surface area contributed by atoms with Gasteiger partial charge in [-0.15, -0.1) is 0 Å². The summed E-state index contributed by atoms with van der Waals surface area (Å²) < 4.78 is 13.8. The largest absolute Gasteiger partial charge is 0.358 e. The molecule has 1 atom stereocenters. The highest BCUT2D eigenvalue weighted by Crippen LogP contribution is 2.32.